The number of nitrogens with zero attached hydrogens (tertiary/aromatic N) is 1. The van der Waals surface area contributed by atoms with Gasteiger partial charge in [-0.2, -0.15) is 0 Å². The van der Waals surface area contributed by atoms with Crippen LogP contribution >= 0.6 is 0 Å². The summed E-state index contributed by atoms with van der Waals surface area (Å²) in [6, 6.07) is 19.1. The molecule has 1 N–H and O–H groups in total. The second-order valence-electron chi connectivity index (χ2n) is 7.86. The van der Waals surface area contributed by atoms with Crippen LogP contribution in [0.25, 0.3) is 10.9 Å². The van der Waals surface area contributed by atoms with Crippen molar-refractivity contribution in [3.63, 3.8) is 0 Å². The highest BCUT2D eigenvalue weighted by Crippen LogP contribution is 2.40. The quantitative estimate of drug-likeness (QED) is 0.489. The molecule has 6 heteroatoms. The molecule has 3 aromatic carbocycles. The SMILES string of the molecule is COc1cccc(C(=O)N2CCc3c([nH]c4ccc(OC)cc34)[C@H]2c2ccc(F)cc2)c1. The second-order valence-corrected chi connectivity index (χ2v) is 7.86. The molecule has 2 heterocycles. The summed E-state index contributed by atoms with van der Waals surface area (Å²) >= 11 is 0. The van der Waals surface area contributed by atoms with Crippen LogP contribution in [0, 0.1) is 5.82 Å². The first-order valence-corrected chi connectivity index (χ1v) is 10.5. The van der Waals surface area contributed by atoms with E-state index in [1.54, 1.807) is 38.5 Å². The van der Waals surface area contributed by atoms with Crippen molar-refractivity contribution in [3.8, 4) is 11.5 Å². The maximum absolute atomic E-state index is 13.7. The Kier molecular flexibility index (Phi) is 5.05. The molecule has 1 aliphatic rings. The third-order valence-electron chi connectivity index (χ3n) is 6.10. The molecule has 4 aromatic rings. The summed E-state index contributed by atoms with van der Waals surface area (Å²) in [6.07, 6.45) is 0.704. The van der Waals surface area contributed by atoms with E-state index in [0.29, 0.717) is 24.3 Å². The number of rotatable bonds is 4. The number of methoxy groups -OCH3 is 2. The Morgan fingerprint density at radius 2 is 1.75 bits per heavy atom. The summed E-state index contributed by atoms with van der Waals surface area (Å²) in [6.45, 7) is 0.537. The average molecular weight is 430 g/mol. The highest BCUT2D eigenvalue weighted by Gasteiger charge is 2.35. The molecule has 1 aliphatic heterocycles. The fourth-order valence-electron chi connectivity index (χ4n) is 4.53. The molecule has 0 radical (unpaired) electrons. The Morgan fingerprint density at radius 1 is 1.00 bits per heavy atom. The Hall–Kier alpha value is -3.80. The number of hydrogen-bond donors (Lipinski definition) is 1. The fourth-order valence-corrected chi connectivity index (χ4v) is 4.53. The van der Waals surface area contributed by atoms with Crippen LogP contribution in [0.5, 0.6) is 11.5 Å². The molecule has 0 fully saturated rings. The number of carbonyl (C=O) groups excluding carboxylic acids is 1. The van der Waals surface area contributed by atoms with E-state index in [0.717, 1.165) is 33.5 Å². The molecule has 0 spiro atoms. The topological polar surface area (TPSA) is 54.6 Å². The number of hydrogen-bond acceptors (Lipinski definition) is 3. The van der Waals surface area contributed by atoms with Gasteiger partial charge in [0.1, 0.15) is 17.3 Å². The number of fused-ring (bicyclic) bond motifs is 3. The van der Waals surface area contributed by atoms with Gasteiger partial charge in [-0.15, -0.1) is 0 Å². The van der Waals surface area contributed by atoms with Crippen molar-refractivity contribution < 1.29 is 18.7 Å². The van der Waals surface area contributed by atoms with Crippen molar-refractivity contribution in [3.05, 3.63) is 94.9 Å². The van der Waals surface area contributed by atoms with Gasteiger partial charge in [0.15, 0.2) is 0 Å². The Morgan fingerprint density at radius 3 is 2.50 bits per heavy atom. The number of benzene rings is 3. The summed E-state index contributed by atoms with van der Waals surface area (Å²) in [4.78, 5) is 19.0. The first-order chi connectivity index (χ1) is 15.6. The number of nitrogens with one attached hydrogen (secondary N) is 1. The first kappa shape index (κ1) is 20.1. The molecule has 0 saturated heterocycles. The largest absolute Gasteiger partial charge is 0.497 e. The molecular formula is C26H23FN2O3. The van der Waals surface area contributed by atoms with Crippen LogP contribution in [0.3, 0.4) is 0 Å². The molecule has 0 unspecified atom stereocenters. The molecule has 0 saturated carbocycles. The number of aromatic nitrogens is 1. The molecular weight excluding hydrogens is 407 g/mol. The minimum absolute atomic E-state index is 0.0971. The summed E-state index contributed by atoms with van der Waals surface area (Å²) < 4.78 is 24.4. The lowest BCUT2D eigenvalue weighted by molar-refractivity contribution is 0.0691. The predicted octanol–water partition coefficient (Wildman–Crippen LogP) is 5.11. The number of ether oxygens (including phenoxy) is 2. The number of carbonyl (C=O) groups is 1. The van der Waals surface area contributed by atoms with E-state index < -0.39 is 0 Å². The van der Waals surface area contributed by atoms with Crippen LogP contribution in [0.2, 0.25) is 0 Å². The summed E-state index contributed by atoms with van der Waals surface area (Å²) in [5.41, 5.74) is 4.49. The zero-order chi connectivity index (χ0) is 22.2. The predicted molar refractivity (Wildman–Crippen MR) is 121 cm³/mol. The van der Waals surface area contributed by atoms with E-state index in [1.807, 2.05) is 35.2 Å². The van der Waals surface area contributed by atoms with E-state index in [-0.39, 0.29) is 17.8 Å². The standard InChI is InChI=1S/C26H23FN2O3/c1-31-19-5-3-4-17(14-19)26(30)29-13-12-21-22-15-20(32-2)10-11-23(22)28-24(21)25(29)16-6-8-18(27)9-7-16/h3-11,14-15,25,28H,12-13H2,1-2H3/t25-/m1/s1. The van der Waals surface area contributed by atoms with Gasteiger partial charge in [-0.25, -0.2) is 4.39 Å². The van der Waals surface area contributed by atoms with Crippen LogP contribution in [-0.4, -0.2) is 36.6 Å². The van der Waals surface area contributed by atoms with Crippen molar-refractivity contribution >= 4 is 16.8 Å². The molecule has 5 rings (SSSR count). The minimum atomic E-state index is -0.364. The van der Waals surface area contributed by atoms with Crippen molar-refractivity contribution in [2.75, 3.05) is 20.8 Å². The molecule has 5 nitrogen and oxygen atoms in total. The zero-order valence-corrected chi connectivity index (χ0v) is 17.9. The summed E-state index contributed by atoms with van der Waals surface area (Å²) in [5.74, 6) is 1.01. The van der Waals surface area contributed by atoms with Crippen LogP contribution in [0.4, 0.5) is 4.39 Å². The van der Waals surface area contributed by atoms with E-state index in [1.165, 1.54) is 12.1 Å². The number of aromatic amines is 1. The van der Waals surface area contributed by atoms with E-state index >= 15 is 0 Å². The minimum Gasteiger partial charge on any atom is -0.497 e. The van der Waals surface area contributed by atoms with Crippen LogP contribution in [-0.2, 0) is 6.42 Å². The van der Waals surface area contributed by atoms with Gasteiger partial charge < -0.3 is 19.4 Å². The molecule has 162 valence electrons. The Bertz CT molecular complexity index is 1300. The van der Waals surface area contributed by atoms with Crippen molar-refractivity contribution in [2.45, 2.75) is 12.5 Å². The zero-order valence-electron chi connectivity index (χ0n) is 17.9. The Labute approximate surface area is 185 Å². The van der Waals surface area contributed by atoms with Gasteiger partial charge in [-0.3, -0.25) is 4.79 Å². The van der Waals surface area contributed by atoms with Gasteiger partial charge in [0.2, 0.25) is 0 Å². The first-order valence-electron chi connectivity index (χ1n) is 10.5. The van der Waals surface area contributed by atoms with Crippen molar-refractivity contribution in [1.82, 2.24) is 9.88 Å². The van der Waals surface area contributed by atoms with Crippen LogP contribution in [0.1, 0.15) is 33.2 Å². The highest BCUT2D eigenvalue weighted by atomic mass is 19.1. The van der Waals surface area contributed by atoms with Crippen LogP contribution in [0.15, 0.2) is 66.7 Å². The van der Waals surface area contributed by atoms with Crippen LogP contribution < -0.4 is 9.47 Å². The van der Waals surface area contributed by atoms with Crippen molar-refractivity contribution in [1.29, 1.82) is 0 Å². The third kappa shape index (κ3) is 3.38. The smallest absolute Gasteiger partial charge is 0.254 e. The molecule has 1 amide bonds. The van der Waals surface area contributed by atoms with E-state index in [4.69, 9.17) is 9.47 Å². The van der Waals surface area contributed by atoms with Gasteiger partial charge in [0.05, 0.1) is 20.3 Å². The van der Waals surface area contributed by atoms with E-state index in [2.05, 4.69) is 4.98 Å². The highest BCUT2D eigenvalue weighted by molar-refractivity contribution is 5.96. The fraction of sp³-hybridized carbons (Fsp3) is 0.192. The summed E-state index contributed by atoms with van der Waals surface area (Å²) in [7, 11) is 3.23. The Balaban J connectivity index is 1.65. The number of halogens is 1. The average Bonchev–Trinajstić information content (AvgIpc) is 3.21. The molecule has 32 heavy (non-hydrogen) atoms. The van der Waals surface area contributed by atoms with Crippen molar-refractivity contribution in [2.24, 2.45) is 0 Å². The van der Waals surface area contributed by atoms with Gasteiger partial charge in [0, 0.05) is 28.7 Å². The van der Waals surface area contributed by atoms with Gasteiger partial charge >= 0.3 is 0 Å². The van der Waals surface area contributed by atoms with Gasteiger partial charge in [0.25, 0.3) is 5.91 Å². The molecule has 0 aliphatic carbocycles. The maximum atomic E-state index is 13.7. The van der Waals surface area contributed by atoms with Gasteiger partial charge in [-0.1, -0.05) is 18.2 Å². The second kappa shape index (κ2) is 8.04. The van der Waals surface area contributed by atoms with E-state index in [9.17, 15) is 9.18 Å². The third-order valence-corrected chi connectivity index (χ3v) is 6.10. The lowest BCUT2D eigenvalue weighted by Gasteiger charge is -2.36. The van der Waals surface area contributed by atoms with Gasteiger partial charge in [-0.05, 0) is 66.1 Å². The lowest BCUT2D eigenvalue weighted by Crippen LogP contribution is -2.40. The lowest BCUT2D eigenvalue weighted by atomic mass is 9.91. The maximum Gasteiger partial charge on any atom is 0.254 e. The summed E-state index contributed by atoms with van der Waals surface area (Å²) in [5, 5.41) is 1.08. The number of H-pyrrole nitrogens is 1. The molecule has 0 bridgehead atoms. The molecule has 1 aromatic heterocycles. The monoisotopic (exact) mass is 430 g/mol. The normalized spacial score (nSPS) is 15.5. The molecule has 1 atom stereocenters. The number of amides is 1.